The molecule has 17 rings (SSSR count). The molecule has 0 saturated heterocycles. The van der Waals surface area contributed by atoms with Gasteiger partial charge in [-0.15, -0.1) is 0 Å². The van der Waals surface area contributed by atoms with Crippen LogP contribution >= 0.6 is 0 Å². The van der Waals surface area contributed by atoms with Gasteiger partial charge in [0, 0.05) is 68.5 Å². The Hall–Kier alpha value is -8.92. The van der Waals surface area contributed by atoms with Gasteiger partial charge in [-0.3, -0.25) is 0 Å². The number of benzene rings is 10. The summed E-state index contributed by atoms with van der Waals surface area (Å²) in [5.41, 5.74) is 6.02. The van der Waals surface area contributed by atoms with Gasteiger partial charge < -0.3 is 69.2 Å². The Morgan fingerprint density at radius 2 is 0.516 bits per heavy atom. The Morgan fingerprint density at radius 1 is 0.330 bits per heavy atom. The number of aromatic nitrogens is 3. The molecule has 4 aliphatic rings. The van der Waals surface area contributed by atoms with E-state index in [2.05, 4.69) is 158 Å². The summed E-state index contributed by atoms with van der Waals surface area (Å²) >= 11 is 0. The van der Waals surface area contributed by atoms with Crippen molar-refractivity contribution in [2.24, 2.45) is 30.0 Å². The topological polar surface area (TPSA) is 316 Å². The van der Waals surface area contributed by atoms with Gasteiger partial charge in [0.05, 0.1) is 30.4 Å². The van der Waals surface area contributed by atoms with Crippen LogP contribution in [-0.2, 0) is 58.7 Å². The molecule has 4 unspecified atom stereocenters. The van der Waals surface area contributed by atoms with E-state index in [1.54, 1.807) is 0 Å². The van der Waals surface area contributed by atoms with E-state index >= 15 is 0 Å². The minimum absolute atomic E-state index is 0. The molecule has 0 N–H and O–H groups in total. The second kappa shape index (κ2) is 24.4. The van der Waals surface area contributed by atoms with E-state index < -0.39 is 54.3 Å². The quantitative estimate of drug-likeness (QED) is 0.129. The van der Waals surface area contributed by atoms with Crippen LogP contribution in [0.15, 0.2) is 212 Å². The fourth-order valence-electron chi connectivity index (χ4n) is 11.6. The third kappa shape index (κ3) is 12.7. The van der Waals surface area contributed by atoms with Gasteiger partial charge in [0.25, 0.3) is 0 Å². The predicted molar refractivity (Wildman–Crippen MR) is 344 cm³/mol. The van der Waals surface area contributed by atoms with Crippen LogP contribution in [0.25, 0.3) is 96.8 Å². The summed E-state index contributed by atoms with van der Waals surface area (Å²) in [5.74, 6) is -3.28. The smallest absolute Gasteiger partial charge is 0.0916 e. The molecule has 91 heavy (non-hydrogen) atoms. The first-order valence-electron chi connectivity index (χ1n) is 28.5. The summed E-state index contributed by atoms with van der Waals surface area (Å²) in [4.78, 5) is 50.4. The first-order valence-corrected chi connectivity index (χ1v) is 34.0. The second-order valence-electron chi connectivity index (χ2n) is 21.2. The van der Waals surface area contributed by atoms with Gasteiger partial charge in [-0.2, -0.15) is 0 Å². The van der Waals surface area contributed by atoms with Gasteiger partial charge >= 0.3 is 0 Å². The van der Waals surface area contributed by atoms with Gasteiger partial charge in [0.1, 0.15) is 0 Å². The molecule has 4 atom stereocenters. The molecule has 0 amide bonds. The summed E-state index contributed by atoms with van der Waals surface area (Å²) in [6.07, 6.45) is 0.219. The van der Waals surface area contributed by atoms with Gasteiger partial charge in [0.15, 0.2) is 0 Å². The number of fused-ring (bicyclic) bond motifs is 22. The Labute approximate surface area is 531 Å². The zero-order valence-corrected chi connectivity index (χ0v) is 53.1. The predicted octanol–water partition coefficient (Wildman–Crippen LogP) is 8.86. The van der Waals surface area contributed by atoms with Gasteiger partial charge in [-0.1, -0.05) is 197 Å². The first kappa shape index (κ1) is 63.6. The molecule has 10 bridgehead atoms. The van der Waals surface area contributed by atoms with E-state index in [0.717, 1.165) is 108 Å². The van der Waals surface area contributed by atoms with Crippen LogP contribution in [0.1, 0.15) is 62.3 Å². The SMILES string of the molecule is CC.CC.CS(=O)(=O)[O-].CS(=O)(=O)[O-].CS(=O)(=O)[O-].[Co].c1ccc2cc3c(cc2c1)C1N=c2[n-]c(c4cc5ccccc5cc24)=NC24N=c5[n-]c(c6cc7ccccc7cc56)=NC3(N=c3[n-]c(c5cc6ccccc6cc35)=NC([N-]2)c2cc3ccccc3cc24)[N-]1. The van der Waals surface area contributed by atoms with Crippen molar-refractivity contribution < 1.29 is 55.7 Å². The zero-order chi connectivity index (χ0) is 63.7. The fraction of sp³-hybridized carbons (Fsp3) is 0.164. The Bertz CT molecular complexity index is 5480. The standard InChI is InChI=1S/C60H32N11.2C2H6.3CH4O3S.Co/c1-3-13-33-23-43-41(21-31(33)11-1)51-61-53(43)66-59-50-30-40-20-10-8-18-38(40)28-48(50)58(71-59)64-52-42-22-32-12-2-4-14-34(32)24-44(42)54(62-52)67-60(49-29-39-19-9-7-17-37(39)27-47(49)57(63-51)70-60)69-56-46-26-36-16-6-5-15-35(36)25-45(46)55(65-56)68-59;2*1-2;3*1-5(2,3)4;/h1-30,57-58H;2*1-2H3;3*1H3,(H,2,3,4);/q-5;;;;;;/p-3. The minimum atomic E-state index is -3.92. The van der Waals surface area contributed by atoms with Crippen molar-refractivity contribution in [3.05, 3.63) is 248 Å². The molecule has 7 heterocycles. The normalized spacial score (nSPS) is 18.3. The minimum Gasteiger partial charge on any atom is -0.748 e. The third-order valence-corrected chi connectivity index (χ3v) is 15.0. The summed E-state index contributed by atoms with van der Waals surface area (Å²) in [7, 11) is -11.8. The maximum Gasteiger partial charge on any atom is 0.0916 e. The first-order chi connectivity index (χ1) is 43.0. The summed E-state index contributed by atoms with van der Waals surface area (Å²) in [6, 6.07) is 63.2. The third-order valence-electron chi connectivity index (χ3n) is 15.0. The monoisotopic (exact) mass is 1310 g/mol. The number of nitrogens with zero attached hydrogens (tertiary/aromatic N) is 11. The van der Waals surface area contributed by atoms with Crippen molar-refractivity contribution >= 4 is 117 Å². The van der Waals surface area contributed by atoms with E-state index in [-0.39, 0.29) is 16.8 Å². The van der Waals surface area contributed by atoms with E-state index in [1.165, 1.54) is 0 Å². The maximum atomic E-state index is 9.08. The van der Waals surface area contributed by atoms with Crippen LogP contribution in [0.2, 0.25) is 0 Å². The molecule has 2 spiro atoms. The summed E-state index contributed by atoms with van der Waals surface area (Å²) in [5, 5.41) is 26.7. The second-order valence-corrected chi connectivity index (χ2v) is 25.4. The fourth-order valence-corrected chi connectivity index (χ4v) is 11.6. The van der Waals surface area contributed by atoms with Crippen molar-refractivity contribution in [2.75, 3.05) is 18.8 Å². The van der Waals surface area contributed by atoms with Crippen molar-refractivity contribution in [1.82, 2.24) is 15.0 Å². The molecule has 20 nitrogen and oxygen atoms in total. The molecule has 24 heteroatoms. The molecule has 13 aromatic rings. The van der Waals surface area contributed by atoms with Crippen molar-refractivity contribution in [1.29, 1.82) is 0 Å². The van der Waals surface area contributed by atoms with E-state index in [1.807, 2.05) is 52.0 Å². The average Bonchev–Trinajstić information content (AvgIpc) is 1.57. The van der Waals surface area contributed by atoms with Crippen molar-refractivity contribution in [3.63, 3.8) is 0 Å². The molecular weight excluding hydrogens is 1260 g/mol. The van der Waals surface area contributed by atoms with Crippen molar-refractivity contribution in [3.8, 4) is 0 Å². The molecule has 10 aromatic carbocycles. The number of hydrogen-bond acceptors (Lipinski definition) is 15. The molecule has 465 valence electrons. The number of hydrogen-bond donors (Lipinski definition) is 0. The Kier molecular flexibility index (Phi) is 17.0. The van der Waals surface area contributed by atoms with Gasteiger partial charge in [-0.25, -0.2) is 25.3 Å². The summed E-state index contributed by atoms with van der Waals surface area (Å²) < 4.78 is 81.7. The van der Waals surface area contributed by atoms with E-state index in [0.29, 0.717) is 51.7 Å². The molecule has 0 aliphatic carbocycles. The van der Waals surface area contributed by atoms with Crippen LogP contribution in [0, 0.1) is 0 Å². The molecule has 0 fully saturated rings. The van der Waals surface area contributed by atoms with Crippen LogP contribution in [0.4, 0.5) is 0 Å². The number of rotatable bonds is 0. The zero-order valence-electron chi connectivity index (χ0n) is 49.6. The van der Waals surface area contributed by atoms with Crippen LogP contribution in [0.5, 0.6) is 0 Å². The van der Waals surface area contributed by atoms with E-state index in [9.17, 15) is 0 Å². The largest absolute Gasteiger partial charge is 0.748 e. The summed E-state index contributed by atoms with van der Waals surface area (Å²) in [6.45, 7) is 8.00. The maximum absolute atomic E-state index is 9.08. The Balaban J connectivity index is 0.000000380. The molecular formula is C67H53CoN11O9S3-8. The Morgan fingerprint density at radius 3 is 0.747 bits per heavy atom. The van der Waals surface area contributed by atoms with Crippen molar-refractivity contribution in [2.45, 2.75) is 51.6 Å². The van der Waals surface area contributed by atoms with Crippen LogP contribution in [-0.4, -0.2) is 57.7 Å². The molecule has 1 radical (unpaired) electrons. The molecule has 3 aromatic heterocycles. The van der Waals surface area contributed by atoms with Gasteiger partial charge in [-0.05, 0) is 145 Å². The average molecular weight is 1310 g/mol. The molecule has 0 saturated carbocycles. The molecule has 4 aliphatic heterocycles. The van der Waals surface area contributed by atoms with Crippen LogP contribution in [0.3, 0.4) is 0 Å². The van der Waals surface area contributed by atoms with Gasteiger partial charge in [0.2, 0.25) is 0 Å². The van der Waals surface area contributed by atoms with E-state index in [4.69, 9.17) is 94.5 Å². The van der Waals surface area contributed by atoms with Crippen LogP contribution < -0.4 is 47.9 Å².